The second-order valence-corrected chi connectivity index (χ2v) is 5.49. The van der Waals surface area contributed by atoms with Gasteiger partial charge in [0.1, 0.15) is 6.61 Å². The Morgan fingerprint density at radius 2 is 2.19 bits per heavy atom. The number of hydrogen-bond acceptors (Lipinski definition) is 6. The third kappa shape index (κ3) is 3.86. The highest BCUT2D eigenvalue weighted by Gasteiger charge is 2.12. The normalized spacial score (nSPS) is 12.0. The first kappa shape index (κ1) is 15.6. The molecule has 2 N–H and O–H groups in total. The van der Waals surface area contributed by atoms with Gasteiger partial charge in [-0.15, -0.1) is 11.3 Å². The third-order valence-electron chi connectivity index (χ3n) is 3.07. The lowest BCUT2D eigenvalue weighted by atomic mass is 10.2. The van der Waals surface area contributed by atoms with Crippen molar-refractivity contribution < 1.29 is 14.6 Å². The van der Waals surface area contributed by atoms with Gasteiger partial charge in [-0.05, 0) is 26.0 Å². The number of anilines is 1. The van der Waals surface area contributed by atoms with E-state index in [9.17, 15) is 0 Å². The predicted molar refractivity (Wildman–Crippen MR) is 84.5 cm³/mol. The zero-order valence-electron chi connectivity index (χ0n) is 12.4. The Labute approximate surface area is 128 Å². The van der Waals surface area contributed by atoms with Gasteiger partial charge in [0.15, 0.2) is 11.5 Å². The Hall–Kier alpha value is -1.79. The molecule has 2 rings (SSSR count). The molecule has 0 aliphatic carbocycles. The van der Waals surface area contributed by atoms with Crippen LogP contribution in [0.15, 0.2) is 23.7 Å². The third-order valence-corrected chi connectivity index (χ3v) is 4.19. The Morgan fingerprint density at radius 3 is 2.81 bits per heavy atom. The van der Waals surface area contributed by atoms with Crippen LogP contribution in [-0.4, -0.2) is 30.4 Å². The van der Waals surface area contributed by atoms with E-state index >= 15 is 0 Å². The molecule has 0 saturated heterocycles. The molecule has 0 spiro atoms. The summed E-state index contributed by atoms with van der Waals surface area (Å²) in [6, 6.07) is 5.83. The van der Waals surface area contributed by atoms with Crippen LogP contribution in [-0.2, 0) is 0 Å². The molecule has 0 amide bonds. The van der Waals surface area contributed by atoms with Crippen molar-refractivity contribution in [1.82, 2.24) is 4.98 Å². The van der Waals surface area contributed by atoms with E-state index in [0.717, 1.165) is 11.4 Å². The van der Waals surface area contributed by atoms with E-state index in [-0.39, 0.29) is 19.3 Å². The number of rotatable bonds is 7. The molecule has 1 aromatic carbocycles. The van der Waals surface area contributed by atoms with Gasteiger partial charge >= 0.3 is 0 Å². The fourth-order valence-corrected chi connectivity index (χ4v) is 2.89. The molecule has 0 bridgehead atoms. The second-order valence-electron chi connectivity index (χ2n) is 4.61. The van der Waals surface area contributed by atoms with Crippen LogP contribution in [0.25, 0.3) is 0 Å². The molecule has 0 fully saturated rings. The number of methoxy groups -OCH3 is 1. The zero-order chi connectivity index (χ0) is 15.2. The van der Waals surface area contributed by atoms with Gasteiger partial charge in [-0.1, -0.05) is 0 Å². The number of benzene rings is 1. The minimum atomic E-state index is -0.0305. The van der Waals surface area contributed by atoms with Gasteiger partial charge in [0.05, 0.1) is 31.0 Å². The van der Waals surface area contributed by atoms with Crippen LogP contribution in [0.5, 0.6) is 11.5 Å². The molecule has 2 aromatic rings. The van der Waals surface area contributed by atoms with E-state index < -0.39 is 0 Å². The highest BCUT2D eigenvalue weighted by molar-refractivity contribution is 7.09. The van der Waals surface area contributed by atoms with Crippen molar-refractivity contribution in [2.45, 2.75) is 19.9 Å². The van der Waals surface area contributed by atoms with Crippen LogP contribution < -0.4 is 14.8 Å². The van der Waals surface area contributed by atoms with Gasteiger partial charge in [0.2, 0.25) is 0 Å². The molecule has 1 heterocycles. The van der Waals surface area contributed by atoms with Gasteiger partial charge in [0, 0.05) is 16.6 Å². The summed E-state index contributed by atoms with van der Waals surface area (Å²) in [6.07, 6.45) is 0. The molecule has 0 aliphatic rings. The molecule has 5 nitrogen and oxygen atoms in total. The van der Waals surface area contributed by atoms with Crippen molar-refractivity contribution in [2.24, 2.45) is 0 Å². The standard InChI is InChI=1S/C15H20N2O3S/c1-10-15(21-9-16-10)11(2)17-12-4-5-13(19-3)14(8-12)20-7-6-18/h4-5,8-9,11,17-18H,6-7H2,1-3H3. The second kappa shape index (κ2) is 7.28. The smallest absolute Gasteiger partial charge is 0.163 e. The van der Waals surface area contributed by atoms with Crippen molar-refractivity contribution in [3.8, 4) is 11.5 Å². The van der Waals surface area contributed by atoms with E-state index in [0.29, 0.717) is 11.5 Å². The Balaban J connectivity index is 2.14. The molecule has 1 atom stereocenters. The summed E-state index contributed by atoms with van der Waals surface area (Å²) in [4.78, 5) is 5.48. The summed E-state index contributed by atoms with van der Waals surface area (Å²) < 4.78 is 10.7. The van der Waals surface area contributed by atoms with Crippen molar-refractivity contribution in [3.63, 3.8) is 0 Å². The summed E-state index contributed by atoms with van der Waals surface area (Å²) in [6.45, 7) is 4.31. The number of ether oxygens (including phenoxy) is 2. The van der Waals surface area contributed by atoms with Gasteiger partial charge in [-0.3, -0.25) is 0 Å². The average molecular weight is 308 g/mol. The highest BCUT2D eigenvalue weighted by Crippen LogP contribution is 2.32. The highest BCUT2D eigenvalue weighted by atomic mass is 32.1. The fraction of sp³-hybridized carbons (Fsp3) is 0.400. The largest absolute Gasteiger partial charge is 0.493 e. The molecule has 0 aliphatic heterocycles. The van der Waals surface area contributed by atoms with Crippen LogP contribution in [0.2, 0.25) is 0 Å². The van der Waals surface area contributed by atoms with Gasteiger partial charge in [-0.25, -0.2) is 4.98 Å². The van der Waals surface area contributed by atoms with Gasteiger partial charge < -0.3 is 19.9 Å². The monoisotopic (exact) mass is 308 g/mol. The molecule has 114 valence electrons. The van der Waals surface area contributed by atoms with E-state index in [2.05, 4.69) is 17.2 Å². The van der Waals surface area contributed by atoms with E-state index in [1.165, 1.54) is 4.88 Å². The minimum absolute atomic E-state index is 0.0305. The van der Waals surface area contributed by atoms with Crippen molar-refractivity contribution in [3.05, 3.63) is 34.3 Å². The number of nitrogens with one attached hydrogen (secondary N) is 1. The lowest BCUT2D eigenvalue weighted by Crippen LogP contribution is -2.07. The summed E-state index contributed by atoms with van der Waals surface area (Å²) >= 11 is 1.64. The van der Waals surface area contributed by atoms with E-state index in [1.807, 2.05) is 30.6 Å². The quantitative estimate of drug-likeness (QED) is 0.823. The predicted octanol–water partition coefficient (Wildman–Crippen LogP) is 3.00. The lowest BCUT2D eigenvalue weighted by Gasteiger charge is -2.17. The Bertz CT molecular complexity index is 586. The molecule has 21 heavy (non-hydrogen) atoms. The maximum atomic E-state index is 8.87. The van der Waals surface area contributed by atoms with E-state index in [1.54, 1.807) is 18.4 Å². The fourth-order valence-electron chi connectivity index (χ4n) is 2.08. The maximum absolute atomic E-state index is 8.87. The number of aliphatic hydroxyl groups is 1. The number of thiazole rings is 1. The average Bonchev–Trinajstić information content (AvgIpc) is 2.91. The summed E-state index contributed by atoms with van der Waals surface area (Å²) in [5.41, 5.74) is 3.83. The number of aliphatic hydroxyl groups excluding tert-OH is 1. The van der Waals surface area contributed by atoms with Crippen LogP contribution in [0.1, 0.15) is 23.5 Å². The van der Waals surface area contributed by atoms with Crippen molar-refractivity contribution in [1.29, 1.82) is 0 Å². The molecule has 0 radical (unpaired) electrons. The maximum Gasteiger partial charge on any atom is 0.163 e. The lowest BCUT2D eigenvalue weighted by molar-refractivity contribution is 0.196. The number of nitrogens with zero attached hydrogens (tertiary/aromatic N) is 1. The first-order valence-corrected chi connectivity index (χ1v) is 7.62. The van der Waals surface area contributed by atoms with Gasteiger partial charge in [0.25, 0.3) is 0 Å². The molecule has 1 aromatic heterocycles. The first-order valence-electron chi connectivity index (χ1n) is 6.74. The van der Waals surface area contributed by atoms with Crippen molar-refractivity contribution >= 4 is 17.0 Å². The number of hydrogen-bond donors (Lipinski definition) is 2. The zero-order valence-corrected chi connectivity index (χ0v) is 13.2. The molecular weight excluding hydrogens is 288 g/mol. The number of aryl methyl sites for hydroxylation is 1. The topological polar surface area (TPSA) is 63.6 Å². The summed E-state index contributed by atoms with van der Waals surface area (Å²) in [5, 5.41) is 12.3. The van der Waals surface area contributed by atoms with Crippen LogP contribution >= 0.6 is 11.3 Å². The Kier molecular flexibility index (Phi) is 5.41. The Morgan fingerprint density at radius 1 is 1.38 bits per heavy atom. The van der Waals surface area contributed by atoms with Crippen LogP contribution in [0, 0.1) is 6.92 Å². The molecule has 1 unspecified atom stereocenters. The molecule has 6 heteroatoms. The summed E-state index contributed by atoms with van der Waals surface area (Å²) in [5.74, 6) is 1.26. The SMILES string of the molecule is COc1ccc(NC(C)c2scnc2C)cc1OCCO. The minimum Gasteiger partial charge on any atom is -0.493 e. The van der Waals surface area contributed by atoms with Crippen LogP contribution in [0.4, 0.5) is 5.69 Å². The van der Waals surface area contributed by atoms with E-state index in [4.69, 9.17) is 14.6 Å². The number of aromatic nitrogens is 1. The van der Waals surface area contributed by atoms with Crippen LogP contribution in [0.3, 0.4) is 0 Å². The molecule has 0 saturated carbocycles. The van der Waals surface area contributed by atoms with Gasteiger partial charge in [-0.2, -0.15) is 0 Å². The van der Waals surface area contributed by atoms with Crippen molar-refractivity contribution in [2.75, 3.05) is 25.6 Å². The molecular formula is C15H20N2O3S. The first-order chi connectivity index (χ1) is 10.2. The summed E-state index contributed by atoms with van der Waals surface area (Å²) in [7, 11) is 1.59.